The Balaban J connectivity index is 2.59. The van der Waals surface area contributed by atoms with Crippen molar-refractivity contribution >= 4 is 39.1 Å². The van der Waals surface area contributed by atoms with Gasteiger partial charge in [0.1, 0.15) is 12.4 Å². The molecule has 14 heavy (non-hydrogen) atoms. The molecule has 0 heterocycles. The van der Waals surface area contributed by atoms with Crippen molar-refractivity contribution in [2.75, 3.05) is 11.9 Å². The Kier molecular flexibility index (Phi) is 5.02. The third-order valence-corrected chi connectivity index (χ3v) is 2.78. The number of rotatable bonds is 4. The van der Waals surface area contributed by atoms with Crippen LogP contribution in [0.25, 0.3) is 0 Å². The number of hydrogen-bond donors (Lipinski definition) is 1. The van der Waals surface area contributed by atoms with E-state index >= 15 is 0 Å². The van der Waals surface area contributed by atoms with Crippen LogP contribution in [0, 0.1) is 0 Å². The highest BCUT2D eigenvalue weighted by Crippen LogP contribution is 2.27. The molecule has 1 atom stereocenters. The van der Waals surface area contributed by atoms with E-state index in [1.54, 1.807) is 18.2 Å². The van der Waals surface area contributed by atoms with Crippen molar-refractivity contribution in [2.24, 2.45) is 0 Å². The van der Waals surface area contributed by atoms with Crippen LogP contribution in [0.3, 0.4) is 0 Å². The summed E-state index contributed by atoms with van der Waals surface area (Å²) in [6.45, 7) is 0.201. The molecule has 0 aliphatic heterocycles. The molecule has 2 nitrogen and oxygen atoms in total. The van der Waals surface area contributed by atoms with Crippen LogP contribution in [0.4, 0.5) is 0 Å². The Morgan fingerprint density at radius 2 is 2.14 bits per heavy atom. The number of benzene rings is 1. The van der Waals surface area contributed by atoms with Crippen LogP contribution in [0.5, 0.6) is 5.75 Å². The molecular weight excluding hydrogens is 291 g/mol. The molecule has 0 bridgehead atoms. The van der Waals surface area contributed by atoms with Crippen molar-refractivity contribution in [3.05, 3.63) is 28.2 Å². The summed E-state index contributed by atoms with van der Waals surface area (Å²) in [7, 11) is 0. The minimum atomic E-state index is -0.540. The van der Waals surface area contributed by atoms with E-state index in [-0.39, 0.29) is 6.61 Å². The predicted octanol–water partition coefficient (Wildman–Crippen LogP) is 3.13. The topological polar surface area (TPSA) is 29.5 Å². The molecule has 0 aromatic heterocycles. The highest BCUT2D eigenvalue weighted by molar-refractivity contribution is 9.09. The van der Waals surface area contributed by atoms with Crippen molar-refractivity contribution in [2.45, 2.75) is 6.10 Å². The molecular formula is C9H9BrCl2O2. The van der Waals surface area contributed by atoms with Gasteiger partial charge < -0.3 is 9.84 Å². The van der Waals surface area contributed by atoms with E-state index in [1.807, 2.05) is 0 Å². The van der Waals surface area contributed by atoms with Gasteiger partial charge in [0.15, 0.2) is 0 Å². The minimum absolute atomic E-state index is 0.201. The molecule has 78 valence electrons. The molecule has 1 N–H and O–H groups in total. The average Bonchev–Trinajstić information content (AvgIpc) is 2.16. The molecule has 5 heteroatoms. The highest BCUT2D eigenvalue weighted by Gasteiger charge is 2.06. The maximum absolute atomic E-state index is 9.22. The van der Waals surface area contributed by atoms with Gasteiger partial charge in [0.25, 0.3) is 0 Å². The lowest BCUT2D eigenvalue weighted by Crippen LogP contribution is -2.18. The molecule has 0 fully saturated rings. The van der Waals surface area contributed by atoms with E-state index in [1.165, 1.54) is 0 Å². The van der Waals surface area contributed by atoms with Gasteiger partial charge in [-0.25, -0.2) is 0 Å². The quantitative estimate of drug-likeness (QED) is 0.866. The number of halogens is 3. The maximum atomic E-state index is 9.22. The van der Waals surface area contributed by atoms with Gasteiger partial charge in [0.05, 0.1) is 11.1 Å². The smallest absolute Gasteiger partial charge is 0.138 e. The fourth-order valence-electron chi connectivity index (χ4n) is 0.823. The molecule has 0 amide bonds. The molecule has 0 radical (unpaired) electrons. The Hall–Kier alpha value is 0.0400. The summed E-state index contributed by atoms with van der Waals surface area (Å²) in [5.41, 5.74) is 0. The Bertz CT molecular complexity index is 307. The number of aliphatic hydroxyl groups excluding tert-OH is 1. The largest absolute Gasteiger partial charge is 0.489 e. The first-order valence-corrected chi connectivity index (χ1v) is 5.83. The second-order valence-electron chi connectivity index (χ2n) is 2.69. The Morgan fingerprint density at radius 1 is 1.43 bits per heavy atom. The zero-order valence-electron chi connectivity index (χ0n) is 7.21. The van der Waals surface area contributed by atoms with Crippen molar-refractivity contribution in [3.8, 4) is 5.75 Å². The zero-order chi connectivity index (χ0) is 10.6. The average molecular weight is 300 g/mol. The van der Waals surface area contributed by atoms with Gasteiger partial charge in [-0.1, -0.05) is 39.1 Å². The molecule has 0 aliphatic rings. The Labute approximate surface area is 101 Å². The predicted molar refractivity (Wildman–Crippen MR) is 61.8 cm³/mol. The summed E-state index contributed by atoms with van der Waals surface area (Å²) in [5.74, 6) is 0.524. The van der Waals surface area contributed by atoms with E-state index in [0.29, 0.717) is 21.1 Å². The molecule has 0 saturated heterocycles. The van der Waals surface area contributed by atoms with Crippen LogP contribution < -0.4 is 4.74 Å². The lowest BCUT2D eigenvalue weighted by Gasteiger charge is -2.10. The van der Waals surface area contributed by atoms with Crippen LogP contribution in [0.2, 0.25) is 10.0 Å². The molecule has 1 aromatic rings. The van der Waals surface area contributed by atoms with Gasteiger partial charge >= 0.3 is 0 Å². The SMILES string of the molecule is OC(CBr)COc1ccc(Cl)cc1Cl. The summed E-state index contributed by atoms with van der Waals surface area (Å²) in [6, 6.07) is 4.95. The summed E-state index contributed by atoms with van der Waals surface area (Å²) in [6.07, 6.45) is -0.540. The molecule has 1 aromatic carbocycles. The van der Waals surface area contributed by atoms with Crippen LogP contribution in [-0.2, 0) is 0 Å². The molecule has 1 unspecified atom stereocenters. The monoisotopic (exact) mass is 298 g/mol. The van der Waals surface area contributed by atoms with Crippen LogP contribution in [-0.4, -0.2) is 23.1 Å². The number of hydrogen-bond acceptors (Lipinski definition) is 2. The molecule has 0 spiro atoms. The Morgan fingerprint density at radius 3 is 2.71 bits per heavy atom. The molecule has 1 rings (SSSR count). The summed E-state index contributed by atoms with van der Waals surface area (Å²) < 4.78 is 5.27. The third-order valence-electron chi connectivity index (χ3n) is 1.50. The fourth-order valence-corrected chi connectivity index (χ4v) is 1.47. The van der Waals surface area contributed by atoms with Crippen molar-refractivity contribution in [1.29, 1.82) is 0 Å². The molecule has 0 saturated carbocycles. The van der Waals surface area contributed by atoms with Crippen LogP contribution >= 0.6 is 39.1 Å². The van der Waals surface area contributed by atoms with Gasteiger partial charge in [0.2, 0.25) is 0 Å². The van der Waals surface area contributed by atoms with E-state index in [4.69, 9.17) is 27.9 Å². The fraction of sp³-hybridized carbons (Fsp3) is 0.333. The van der Waals surface area contributed by atoms with Crippen molar-refractivity contribution in [3.63, 3.8) is 0 Å². The van der Waals surface area contributed by atoms with Gasteiger partial charge in [0, 0.05) is 10.4 Å². The van der Waals surface area contributed by atoms with Gasteiger partial charge in [-0.05, 0) is 18.2 Å². The lowest BCUT2D eigenvalue weighted by molar-refractivity contribution is 0.127. The first kappa shape index (κ1) is 12.1. The number of ether oxygens (including phenoxy) is 1. The zero-order valence-corrected chi connectivity index (χ0v) is 10.3. The van der Waals surface area contributed by atoms with Crippen molar-refractivity contribution in [1.82, 2.24) is 0 Å². The van der Waals surface area contributed by atoms with Crippen LogP contribution in [0.1, 0.15) is 0 Å². The third kappa shape index (κ3) is 3.65. The standard InChI is InChI=1S/C9H9BrCl2O2/c10-4-7(13)5-14-9-2-1-6(11)3-8(9)12/h1-3,7,13H,4-5H2. The first-order chi connectivity index (χ1) is 6.63. The number of aliphatic hydroxyl groups is 1. The van der Waals surface area contributed by atoms with Crippen LogP contribution in [0.15, 0.2) is 18.2 Å². The normalized spacial score (nSPS) is 12.6. The first-order valence-electron chi connectivity index (χ1n) is 3.95. The van der Waals surface area contributed by atoms with Crippen molar-refractivity contribution < 1.29 is 9.84 Å². The van der Waals surface area contributed by atoms with E-state index in [9.17, 15) is 5.11 Å². The van der Waals surface area contributed by atoms with E-state index < -0.39 is 6.10 Å². The second-order valence-corrected chi connectivity index (χ2v) is 4.18. The second kappa shape index (κ2) is 5.81. The summed E-state index contributed by atoms with van der Waals surface area (Å²) >= 11 is 14.7. The minimum Gasteiger partial charge on any atom is -0.489 e. The summed E-state index contributed by atoms with van der Waals surface area (Å²) in [5, 5.41) is 10.7. The van der Waals surface area contributed by atoms with E-state index in [0.717, 1.165) is 0 Å². The number of alkyl halides is 1. The maximum Gasteiger partial charge on any atom is 0.138 e. The van der Waals surface area contributed by atoms with Gasteiger partial charge in [-0.15, -0.1) is 0 Å². The molecule has 0 aliphatic carbocycles. The lowest BCUT2D eigenvalue weighted by atomic mass is 10.3. The summed E-state index contributed by atoms with van der Waals surface area (Å²) in [4.78, 5) is 0. The highest BCUT2D eigenvalue weighted by atomic mass is 79.9. The van der Waals surface area contributed by atoms with E-state index in [2.05, 4.69) is 15.9 Å². The van der Waals surface area contributed by atoms with Gasteiger partial charge in [-0.2, -0.15) is 0 Å². The van der Waals surface area contributed by atoms with Gasteiger partial charge in [-0.3, -0.25) is 0 Å².